The molecule has 0 radical (unpaired) electrons. The molecule has 3 aromatic carbocycles. The van der Waals surface area contributed by atoms with Crippen LogP contribution < -0.4 is 10.2 Å². The van der Waals surface area contributed by atoms with Crippen LogP contribution >= 0.6 is 27.7 Å². The average molecular weight is 481 g/mol. The maximum atomic E-state index is 12.6. The highest BCUT2D eigenvalue weighted by Gasteiger charge is 2.30. The third-order valence-corrected chi connectivity index (χ3v) is 6.12. The molecule has 30 heavy (non-hydrogen) atoms. The van der Waals surface area contributed by atoms with Gasteiger partial charge in [-0.25, -0.2) is 0 Å². The summed E-state index contributed by atoms with van der Waals surface area (Å²) < 4.78 is 1.03. The van der Waals surface area contributed by atoms with Gasteiger partial charge < -0.3 is 5.32 Å². The molecule has 1 saturated heterocycles. The number of nitrogens with zero attached hydrogens (tertiary/aromatic N) is 1. The predicted molar refractivity (Wildman–Crippen MR) is 121 cm³/mol. The largest absolute Gasteiger partial charge is 0.322 e. The second-order valence-corrected chi connectivity index (χ2v) is 8.77. The lowest BCUT2D eigenvalue weighted by Gasteiger charge is -2.15. The second kappa shape index (κ2) is 8.85. The Morgan fingerprint density at radius 3 is 2.10 bits per heavy atom. The first-order valence-corrected chi connectivity index (χ1v) is 10.9. The van der Waals surface area contributed by atoms with Gasteiger partial charge in [0.2, 0.25) is 11.8 Å². The number of benzene rings is 3. The molecule has 3 aromatic rings. The van der Waals surface area contributed by atoms with Crippen LogP contribution in [-0.4, -0.2) is 17.7 Å². The molecule has 0 spiro atoms. The monoisotopic (exact) mass is 480 g/mol. The number of hydrogen-bond donors (Lipinski definition) is 1. The lowest BCUT2D eigenvalue weighted by Crippen LogP contribution is -2.28. The number of rotatable bonds is 5. The normalized spacial score (nSPS) is 13.6. The van der Waals surface area contributed by atoms with Gasteiger partial charge in [-0.3, -0.25) is 19.3 Å². The number of amides is 3. The first-order chi connectivity index (χ1) is 14.5. The van der Waals surface area contributed by atoms with Crippen LogP contribution in [0.15, 0.2) is 87.1 Å². The summed E-state index contributed by atoms with van der Waals surface area (Å²) in [5, 5.41) is 2.85. The number of imide groups is 1. The van der Waals surface area contributed by atoms with Gasteiger partial charge in [-0.1, -0.05) is 33.8 Å². The molecule has 3 amide bonds. The lowest BCUT2D eigenvalue weighted by atomic mass is 10.1. The van der Waals surface area contributed by atoms with Crippen molar-refractivity contribution in [2.45, 2.75) is 22.6 Å². The van der Waals surface area contributed by atoms with Crippen LogP contribution in [0.1, 0.15) is 23.2 Å². The zero-order valence-corrected chi connectivity index (χ0v) is 18.2. The maximum Gasteiger partial charge on any atom is 0.255 e. The highest BCUT2D eigenvalue weighted by molar-refractivity contribution is 9.10. The van der Waals surface area contributed by atoms with Crippen LogP contribution in [-0.2, 0) is 9.59 Å². The van der Waals surface area contributed by atoms with E-state index in [4.69, 9.17) is 0 Å². The smallest absolute Gasteiger partial charge is 0.255 e. The van der Waals surface area contributed by atoms with Gasteiger partial charge in [0, 0.05) is 38.4 Å². The molecule has 4 rings (SSSR count). The third-order valence-electron chi connectivity index (χ3n) is 4.58. The van der Waals surface area contributed by atoms with Gasteiger partial charge in [0.1, 0.15) is 0 Å². The van der Waals surface area contributed by atoms with Crippen molar-refractivity contribution in [2.24, 2.45) is 0 Å². The fourth-order valence-corrected chi connectivity index (χ4v) is 4.18. The highest BCUT2D eigenvalue weighted by atomic mass is 79.9. The minimum atomic E-state index is -0.302. The molecule has 0 saturated carbocycles. The van der Waals surface area contributed by atoms with Gasteiger partial charge in [-0.05, 0) is 66.7 Å². The molecule has 0 unspecified atom stereocenters. The van der Waals surface area contributed by atoms with Gasteiger partial charge >= 0.3 is 0 Å². The summed E-state index contributed by atoms with van der Waals surface area (Å²) >= 11 is 5.06. The number of hydrogen-bond acceptors (Lipinski definition) is 4. The van der Waals surface area contributed by atoms with Gasteiger partial charge in [0.25, 0.3) is 5.91 Å². The Morgan fingerprint density at radius 1 is 0.867 bits per heavy atom. The lowest BCUT2D eigenvalue weighted by molar-refractivity contribution is -0.121. The van der Waals surface area contributed by atoms with Crippen LogP contribution in [0.4, 0.5) is 11.4 Å². The molecule has 7 heteroatoms. The van der Waals surface area contributed by atoms with Crippen LogP contribution in [0.25, 0.3) is 0 Å². The molecule has 1 aliphatic heterocycles. The van der Waals surface area contributed by atoms with Gasteiger partial charge in [-0.2, -0.15) is 0 Å². The summed E-state index contributed by atoms with van der Waals surface area (Å²) in [5.74, 6) is -0.780. The summed E-state index contributed by atoms with van der Waals surface area (Å²) in [4.78, 5) is 39.8. The van der Waals surface area contributed by atoms with E-state index in [1.165, 1.54) is 0 Å². The summed E-state index contributed by atoms with van der Waals surface area (Å²) in [6.45, 7) is 0. The fraction of sp³-hybridized carbons (Fsp3) is 0.0870. The van der Waals surface area contributed by atoms with Crippen molar-refractivity contribution in [2.75, 3.05) is 10.2 Å². The van der Waals surface area contributed by atoms with Crippen LogP contribution in [0.3, 0.4) is 0 Å². The van der Waals surface area contributed by atoms with Crippen LogP contribution in [0, 0.1) is 0 Å². The minimum Gasteiger partial charge on any atom is -0.322 e. The van der Waals surface area contributed by atoms with E-state index in [2.05, 4.69) is 21.2 Å². The molecule has 150 valence electrons. The van der Waals surface area contributed by atoms with Gasteiger partial charge in [0.05, 0.1) is 5.69 Å². The Morgan fingerprint density at radius 2 is 1.47 bits per heavy atom. The summed E-state index contributed by atoms with van der Waals surface area (Å²) in [6, 6.07) is 22.2. The molecule has 5 nitrogen and oxygen atoms in total. The summed E-state index contributed by atoms with van der Waals surface area (Å²) in [7, 11) is 0. The van der Waals surface area contributed by atoms with Crippen molar-refractivity contribution in [1.82, 2.24) is 0 Å². The van der Waals surface area contributed by atoms with Gasteiger partial charge in [-0.15, -0.1) is 0 Å². The molecule has 0 atom stereocenters. The molecule has 0 bridgehead atoms. The van der Waals surface area contributed by atoms with E-state index in [1.54, 1.807) is 36.0 Å². The van der Waals surface area contributed by atoms with E-state index >= 15 is 0 Å². The van der Waals surface area contributed by atoms with Crippen molar-refractivity contribution in [3.8, 4) is 0 Å². The zero-order valence-electron chi connectivity index (χ0n) is 15.8. The molecular weight excluding hydrogens is 464 g/mol. The standard InChI is InChI=1S/C23H17BrN2O3S/c24-16-4-8-19(9-5-16)30-20-10-6-17(7-11-20)25-23(29)15-2-1-3-18(14-15)26-21(27)12-13-22(26)28/h1-11,14H,12-13H2,(H,25,29). The predicted octanol–water partition coefficient (Wildman–Crippen LogP) is 5.51. The van der Waals surface area contributed by atoms with Gasteiger partial charge in [0.15, 0.2) is 0 Å². The highest BCUT2D eigenvalue weighted by Crippen LogP contribution is 2.30. The Bertz CT molecular complexity index is 1100. The van der Waals surface area contributed by atoms with E-state index in [9.17, 15) is 14.4 Å². The van der Waals surface area contributed by atoms with Crippen molar-refractivity contribution < 1.29 is 14.4 Å². The molecule has 1 N–H and O–H groups in total. The quantitative estimate of drug-likeness (QED) is 0.489. The van der Waals surface area contributed by atoms with E-state index < -0.39 is 0 Å². The van der Waals surface area contributed by atoms with Crippen LogP contribution in [0.5, 0.6) is 0 Å². The Balaban J connectivity index is 1.44. The molecular formula is C23H17BrN2O3S. The fourth-order valence-electron chi connectivity index (χ4n) is 3.10. The molecule has 1 aliphatic rings. The topological polar surface area (TPSA) is 66.5 Å². The number of anilines is 2. The summed E-state index contributed by atoms with van der Waals surface area (Å²) in [5.41, 5.74) is 1.48. The van der Waals surface area contributed by atoms with E-state index in [0.717, 1.165) is 19.2 Å². The number of carbonyl (C=O) groups excluding carboxylic acids is 3. The average Bonchev–Trinajstić information content (AvgIpc) is 3.09. The van der Waals surface area contributed by atoms with E-state index in [-0.39, 0.29) is 30.6 Å². The first kappa shape index (κ1) is 20.4. The number of carbonyl (C=O) groups is 3. The first-order valence-electron chi connectivity index (χ1n) is 9.30. The summed E-state index contributed by atoms with van der Waals surface area (Å²) in [6.07, 6.45) is 0.416. The molecule has 0 aromatic heterocycles. The SMILES string of the molecule is O=C(Nc1ccc(Sc2ccc(Br)cc2)cc1)c1cccc(N2C(=O)CCC2=O)c1. The van der Waals surface area contributed by atoms with E-state index in [1.807, 2.05) is 48.5 Å². The number of halogens is 1. The zero-order chi connectivity index (χ0) is 21.1. The van der Waals surface area contributed by atoms with Crippen molar-refractivity contribution in [1.29, 1.82) is 0 Å². The number of nitrogens with one attached hydrogen (secondary N) is 1. The Kier molecular flexibility index (Phi) is 6.01. The Hall–Kier alpha value is -2.90. The minimum absolute atomic E-state index is 0.208. The van der Waals surface area contributed by atoms with Crippen molar-refractivity contribution in [3.63, 3.8) is 0 Å². The maximum absolute atomic E-state index is 12.6. The second-order valence-electron chi connectivity index (χ2n) is 6.71. The van der Waals surface area contributed by atoms with Crippen molar-refractivity contribution >= 4 is 56.8 Å². The van der Waals surface area contributed by atoms with E-state index in [0.29, 0.717) is 16.9 Å². The van der Waals surface area contributed by atoms with Crippen LogP contribution in [0.2, 0.25) is 0 Å². The third kappa shape index (κ3) is 4.63. The molecule has 1 heterocycles. The Labute approximate surface area is 186 Å². The molecule has 0 aliphatic carbocycles. The molecule has 1 fully saturated rings. The van der Waals surface area contributed by atoms with Crippen molar-refractivity contribution in [3.05, 3.63) is 82.8 Å².